The number of likely N-dealkylation sites (N-methyl/N-ethyl adjacent to an activating group) is 1. The van der Waals surface area contributed by atoms with E-state index in [2.05, 4.69) is 73.7 Å². The van der Waals surface area contributed by atoms with Crippen LogP contribution in [0.15, 0.2) is 72.8 Å². The second kappa shape index (κ2) is 44.8. The molecule has 0 unspecified atom stereocenters. The number of imide groups is 1. The first-order chi connectivity index (χ1) is 54.6. The van der Waals surface area contributed by atoms with Gasteiger partial charge in [-0.3, -0.25) is 72.0 Å². The van der Waals surface area contributed by atoms with E-state index in [1.54, 1.807) is 82.3 Å². The lowest BCUT2D eigenvalue weighted by Crippen LogP contribution is -2.60. The van der Waals surface area contributed by atoms with Crippen LogP contribution in [0.5, 0.6) is 0 Å². The SMILES string of the molecule is CCN(CC)CCNC(=O)c1c(C)[nH]c(/C=C2\C(=O)N(C(=O)N(C)c3ccccc3COC(=O)CCCC(=O)N[C@H](CCN)C(=O)N[C@H](C(=O)NCC(=O)N[C@H]3CCNC(=O)[C@@H]([C@@H](C)O)NC(=O)CNC(=O)[C@H](CCN)NC(=O)[C@H](CC(C)C)NC(=O)[C@@H](Cc4ccccc4)NC(=O)[C@H](C)NC3=O)[C@@H](C)O)c3ccc(F)cc32)c1C. The van der Waals surface area contributed by atoms with E-state index in [1.807, 2.05) is 13.8 Å². The van der Waals surface area contributed by atoms with Gasteiger partial charge in [0.25, 0.3) is 11.8 Å². The van der Waals surface area contributed by atoms with Crippen LogP contribution in [-0.2, 0) is 80.1 Å². The Morgan fingerprint density at radius 1 is 0.739 bits per heavy atom. The van der Waals surface area contributed by atoms with Crippen LogP contribution in [0.2, 0.25) is 0 Å². The van der Waals surface area contributed by atoms with Crippen molar-refractivity contribution in [3.8, 4) is 0 Å². The fraction of sp³-hybridized carbons (Fsp3) is 0.500. The summed E-state index contributed by atoms with van der Waals surface area (Å²) in [6.45, 7) is 14.5. The van der Waals surface area contributed by atoms with E-state index in [-0.39, 0.29) is 99.0 Å². The number of para-hydroxylation sites is 1. The number of benzene rings is 3. The molecule has 2 aliphatic rings. The zero-order chi connectivity index (χ0) is 84.9. The number of aromatic amines is 1. The molecule has 15 amide bonds. The molecule has 0 spiro atoms. The van der Waals surface area contributed by atoms with Gasteiger partial charge in [0.05, 0.1) is 47.8 Å². The van der Waals surface area contributed by atoms with E-state index in [4.69, 9.17) is 16.2 Å². The zero-order valence-corrected chi connectivity index (χ0v) is 66.4. The number of carbonyl (C=O) groups is 15. The van der Waals surface area contributed by atoms with E-state index in [1.165, 1.54) is 37.9 Å². The largest absolute Gasteiger partial charge is 0.461 e. The third-order valence-corrected chi connectivity index (χ3v) is 19.1. The smallest absolute Gasteiger partial charge is 0.335 e. The van der Waals surface area contributed by atoms with Crippen LogP contribution in [0.3, 0.4) is 0 Å². The van der Waals surface area contributed by atoms with E-state index in [0.717, 1.165) is 37.0 Å². The monoisotopic (exact) mass is 1600 g/mol. The molecule has 4 aromatic rings. The molecule has 115 heavy (non-hydrogen) atoms. The van der Waals surface area contributed by atoms with Gasteiger partial charge in [0.2, 0.25) is 65.0 Å². The van der Waals surface area contributed by atoms with Crippen LogP contribution >= 0.6 is 0 Å². The van der Waals surface area contributed by atoms with Crippen molar-refractivity contribution in [1.29, 1.82) is 0 Å². The zero-order valence-electron chi connectivity index (χ0n) is 66.4. The lowest BCUT2D eigenvalue weighted by molar-refractivity contribution is -0.145. The summed E-state index contributed by atoms with van der Waals surface area (Å²) in [7, 11) is 1.40. The Morgan fingerprint density at radius 3 is 2.07 bits per heavy atom. The highest BCUT2D eigenvalue weighted by molar-refractivity contribution is 6.43. The molecule has 626 valence electrons. The van der Waals surface area contributed by atoms with Crippen LogP contribution in [-0.4, -0.2) is 235 Å². The number of aryl methyl sites for hydroxylation is 1. The van der Waals surface area contributed by atoms with Gasteiger partial charge < -0.3 is 100 Å². The third-order valence-electron chi connectivity index (χ3n) is 19.1. The number of esters is 1. The van der Waals surface area contributed by atoms with E-state index >= 15 is 0 Å². The fourth-order valence-corrected chi connectivity index (χ4v) is 12.7. The number of aromatic nitrogens is 1. The van der Waals surface area contributed by atoms with E-state index in [0.29, 0.717) is 46.7 Å². The van der Waals surface area contributed by atoms with Gasteiger partial charge >= 0.3 is 12.0 Å². The second-order valence-electron chi connectivity index (χ2n) is 28.4. The summed E-state index contributed by atoms with van der Waals surface area (Å²) in [5.41, 5.74) is 14.8. The van der Waals surface area contributed by atoms with Crippen molar-refractivity contribution in [2.75, 3.05) is 75.8 Å². The third kappa shape index (κ3) is 27.1. The summed E-state index contributed by atoms with van der Waals surface area (Å²) in [6.07, 6.45) is -3.29. The molecule has 0 radical (unpaired) electrons. The number of H-pyrrole nitrogens is 1. The maximum absolute atomic E-state index is 15.0. The summed E-state index contributed by atoms with van der Waals surface area (Å²) < 4.78 is 20.5. The molecular weight excluding hydrogens is 1500 g/mol. The van der Waals surface area contributed by atoms with Gasteiger partial charge in [-0.2, -0.15) is 0 Å². The van der Waals surface area contributed by atoms with Crippen molar-refractivity contribution in [2.45, 2.75) is 181 Å². The number of anilines is 2. The summed E-state index contributed by atoms with van der Waals surface area (Å²) in [5, 5.41) is 51.3. The molecule has 1 aromatic heterocycles. The number of aliphatic hydroxyl groups excluding tert-OH is 2. The standard InChI is InChI=1S/C78H109FN18O18/c1-11-96(12-2)34-33-83-74(110)65-43(5)56(86-44(65)6)38-52-51-37-50(79)25-26-60(51)97(77(52)113)78(114)95(10)59-22-17-16-21-49(59)41-115-64(103)24-18-23-61(100)88-54(28-31-81)71(107)94-67(47(9)99)76(112)85-39-62(101)89-55-29-32-82-75(111)66(46(8)98)93-63(102)40-84-69(105)53(27-30-80)90-72(108)57(35-42(3)4)92-73(109)58(36-48-19-14-13-15-20-48)91-68(104)45(7)87-70(55)106/h13-17,19-22,25-26,37-38,42,45-47,53-55,57-58,66-67,86,98-99H,11-12,18,23-24,27-36,39-41,80-81H2,1-10H3,(H,82,111)(H,83,110)(H,84,105)(H,85,112)(H,87,106)(H,88,100)(H,89,101)(H,90,108)(H,91,104)(H,92,109)(H,93,102)(H,94,107)/b52-38-/t45-,46+,47+,53-,54+,55-,57-,58+,66+,67-/m0/s1. The normalized spacial score (nSPS) is 19.5. The molecule has 0 aliphatic carbocycles. The summed E-state index contributed by atoms with van der Waals surface area (Å²) in [6, 6.07) is 5.64. The molecule has 37 heteroatoms. The maximum atomic E-state index is 15.0. The number of aliphatic hydroxyl groups is 2. The number of carbonyl (C=O) groups excluding carboxylic acids is 15. The van der Waals surface area contributed by atoms with E-state index < -0.39 is 175 Å². The van der Waals surface area contributed by atoms with Gasteiger partial charge in [0, 0.05) is 68.5 Å². The van der Waals surface area contributed by atoms with Gasteiger partial charge in [0.15, 0.2) is 0 Å². The number of nitrogens with one attached hydrogen (secondary N) is 13. The Balaban J connectivity index is 1.06. The number of nitrogens with two attached hydrogens (primary N) is 2. The number of urea groups is 1. The topological polar surface area (TPSA) is 528 Å². The molecule has 36 nitrogen and oxygen atoms in total. The van der Waals surface area contributed by atoms with Crippen molar-refractivity contribution >= 4 is 112 Å². The lowest BCUT2D eigenvalue weighted by Gasteiger charge is -2.27. The Morgan fingerprint density at radius 2 is 1.41 bits per heavy atom. The van der Waals surface area contributed by atoms with Crippen molar-refractivity contribution in [1.82, 2.24) is 73.7 Å². The average molecular weight is 1610 g/mol. The predicted octanol–water partition coefficient (Wildman–Crippen LogP) is -1.40. The number of rotatable bonds is 31. The van der Waals surface area contributed by atoms with Crippen LogP contribution in [0.25, 0.3) is 11.6 Å². The van der Waals surface area contributed by atoms with Crippen LogP contribution in [0.1, 0.15) is 137 Å². The number of halogens is 1. The predicted molar refractivity (Wildman–Crippen MR) is 421 cm³/mol. The summed E-state index contributed by atoms with van der Waals surface area (Å²) in [4.78, 5) is 214. The maximum Gasteiger partial charge on any atom is 0.335 e. The summed E-state index contributed by atoms with van der Waals surface area (Å²) in [5.74, 6) is -13.0. The fourth-order valence-electron chi connectivity index (χ4n) is 12.7. The Kier molecular flexibility index (Phi) is 36.0. The van der Waals surface area contributed by atoms with Crippen LogP contribution in [0.4, 0.5) is 20.6 Å². The number of nitrogens with zero attached hydrogens (tertiary/aromatic N) is 3. The minimum atomic E-state index is -1.79. The van der Waals surface area contributed by atoms with Gasteiger partial charge in [-0.1, -0.05) is 76.2 Å². The summed E-state index contributed by atoms with van der Waals surface area (Å²) >= 11 is 0. The van der Waals surface area contributed by atoms with Crippen molar-refractivity contribution in [2.24, 2.45) is 17.4 Å². The number of hydrogen-bond acceptors (Lipinski definition) is 21. The molecular formula is C78H109FN18O18. The quantitative estimate of drug-likeness (QED) is 0.0203. The molecule has 0 saturated carbocycles. The van der Waals surface area contributed by atoms with Crippen molar-refractivity contribution < 1.29 is 91.3 Å². The van der Waals surface area contributed by atoms with Crippen LogP contribution < -0.4 is 85.1 Å². The highest BCUT2D eigenvalue weighted by Gasteiger charge is 2.41. The van der Waals surface area contributed by atoms with Gasteiger partial charge in [-0.05, 0) is 140 Å². The first kappa shape index (κ1) is 92.3. The van der Waals surface area contributed by atoms with Crippen molar-refractivity contribution in [3.05, 3.63) is 118 Å². The molecule has 1 saturated heterocycles. The highest BCUT2D eigenvalue weighted by atomic mass is 19.1. The second-order valence-corrected chi connectivity index (χ2v) is 28.4. The van der Waals surface area contributed by atoms with Gasteiger partial charge in [-0.25, -0.2) is 14.1 Å². The van der Waals surface area contributed by atoms with Gasteiger partial charge in [-0.15, -0.1) is 0 Å². The Hall–Kier alpha value is -11.5. The number of fused-ring (bicyclic) bond motifs is 1. The molecule has 3 aromatic carbocycles. The Labute approximate surface area is 665 Å². The first-order valence-corrected chi connectivity index (χ1v) is 38.2. The van der Waals surface area contributed by atoms with Crippen molar-refractivity contribution in [3.63, 3.8) is 0 Å². The molecule has 1 fully saturated rings. The van der Waals surface area contributed by atoms with Gasteiger partial charge in [0.1, 0.15) is 60.8 Å². The van der Waals surface area contributed by atoms with E-state index in [9.17, 15) is 86.5 Å². The average Bonchev–Trinajstić information content (AvgIpc) is 1.60. The first-order valence-electron chi connectivity index (χ1n) is 38.2. The molecule has 10 atom stereocenters. The minimum absolute atomic E-state index is 0.0211. The molecule has 3 heterocycles. The minimum Gasteiger partial charge on any atom is -0.461 e. The number of hydrogen-bond donors (Lipinski definition) is 17. The molecule has 2 aliphatic heterocycles. The molecule has 19 N–H and O–H groups in total. The molecule has 6 rings (SSSR count). The Bertz CT molecular complexity index is 4190. The molecule has 0 bridgehead atoms. The highest BCUT2D eigenvalue weighted by Crippen LogP contribution is 2.40. The number of ether oxygens (including phenoxy) is 1. The lowest BCUT2D eigenvalue weighted by atomic mass is 10.0. The number of amides is 15. The van der Waals surface area contributed by atoms with Crippen LogP contribution in [0, 0.1) is 25.6 Å².